The molecule has 0 radical (unpaired) electrons. The van der Waals surface area contributed by atoms with Crippen LogP contribution in [0.1, 0.15) is 114 Å². The van der Waals surface area contributed by atoms with Crippen LogP contribution in [-0.4, -0.2) is 364 Å². The van der Waals surface area contributed by atoms with Crippen molar-refractivity contribution in [3.8, 4) is 0 Å². The minimum Gasteiger partial charge on any atom is -0.463 e. The predicted molar refractivity (Wildman–Crippen MR) is 359 cm³/mol. The number of fused-ring (bicyclic) bond motifs is 7. The Morgan fingerprint density at radius 3 is 1.64 bits per heavy atom. The molecule has 0 bridgehead atoms. The molecule has 7 saturated heterocycles. The minimum absolute atomic E-state index is 0.0484. The molecule has 7 aliphatic heterocycles. The maximum absolute atomic E-state index is 15.9. The second-order valence-corrected chi connectivity index (χ2v) is 34.7. The van der Waals surface area contributed by atoms with E-state index in [0.717, 1.165) is 6.92 Å². The van der Waals surface area contributed by atoms with E-state index in [9.17, 15) is 107 Å². The molecule has 12 rings (SSSR count). The fourth-order valence-electron chi connectivity index (χ4n) is 21.0. The number of amides is 1. The lowest BCUT2D eigenvalue weighted by molar-refractivity contribution is -0.365. The molecule has 20 N–H and O–H groups in total. The number of esters is 2. The van der Waals surface area contributed by atoms with E-state index in [1.165, 1.54) is 6.92 Å². The number of allylic oxidation sites excluding steroid dienone is 1. The Balaban J connectivity index is 0.839. The second-order valence-electron chi connectivity index (χ2n) is 34.7. The van der Waals surface area contributed by atoms with Crippen LogP contribution in [0.5, 0.6) is 0 Å². The van der Waals surface area contributed by atoms with Gasteiger partial charge in [-0.2, -0.15) is 0 Å². The monoisotopic (exact) mass is 1570 g/mol. The largest absolute Gasteiger partial charge is 0.463 e. The van der Waals surface area contributed by atoms with Gasteiger partial charge in [-0.05, 0) is 96.7 Å². The summed E-state index contributed by atoms with van der Waals surface area (Å²) in [6.07, 6.45) is -47.9. The third-order valence-corrected chi connectivity index (χ3v) is 27.5. The van der Waals surface area contributed by atoms with Crippen LogP contribution in [0.4, 0.5) is 0 Å². The lowest BCUT2D eigenvalue weighted by atomic mass is 9.32. The van der Waals surface area contributed by atoms with Gasteiger partial charge in [-0.3, -0.25) is 14.4 Å². The number of carbonyl (C=O) groups excluding carboxylic acids is 3. The topological polar surface area (TPSA) is 577 Å². The molecule has 624 valence electrons. The fourth-order valence-corrected chi connectivity index (χ4v) is 21.0. The zero-order valence-electron chi connectivity index (χ0n) is 62.5. The normalized spacial score (nSPS) is 52.4. The Kier molecular flexibility index (Phi) is 25.1. The van der Waals surface area contributed by atoms with Gasteiger partial charge >= 0.3 is 11.9 Å². The van der Waals surface area contributed by atoms with Gasteiger partial charge < -0.3 is 169 Å². The van der Waals surface area contributed by atoms with E-state index in [1.807, 2.05) is 20.8 Å². The molecule has 5 aliphatic carbocycles. The first-order valence-corrected chi connectivity index (χ1v) is 37.9. The number of ether oxygens (including phenoxy) is 14. The van der Waals surface area contributed by atoms with E-state index in [2.05, 4.69) is 39.1 Å². The highest BCUT2D eigenvalue weighted by molar-refractivity contribution is 5.80. The van der Waals surface area contributed by atoms with Gasteiger partial charge in [-0.15, -0.1) is 0 Å². The Morgan fingerprint density at radius 2 is 1.08 bits per heavy atom. The molecule has 109 heavy (non-hydrogen) atoms. The summed E-state index contributed by atoms with van der Waals surface area (Å²) in [4.78, 5) is 41.6. The molecular formula is C72H115NO36. The van der Waals surface area contributed by atoms with Crippen molar-refractivity contribution in [2.45, 2.75) is 310 Å². The highest BCUT2D eigenvalue weighted by Gasteiger charge is 2.76. The van der Waals surface area contributed by atoms with Crippen molar-refractivity contribution in [3.05, 3.63) is 11.6 Å². The van der Waals surface area contributed by atoms with Crippen LogP contribution >= 0.6 is 0 Å². The first kappa shape index (κ1) is 85.3. The molecule has 0 aromatic heterocycles. The maximum Gasteiger partial charge on any atom is 0.317 e. The van der Waals surface area contributed by atoms with Crippen LogP contribution in [0.25, 0.3) is 0 Å². The number of aliphatic hydroxyl groups is 19. The SMILES string of the molecule is CC(=O)N[C@H]1[C@H]([C@H]2CC[C@]3(C)[C@H]4CC=C5[C@@H]6CC(C)(C)CC[C@]6(C(=O)O[C@@H]6O[C@H](CO)[C@@H](O[C@@H]7OC[C@](O)(CO)[C@H]7O)[C@H](O)[C@H]6O[C@@H]6OC[C@@H](O)[C@H](O)[C@H]6O)[C@H](O)[C@H](O)[C@@]5(C)[C@]4(C)CC[C@H]3C2(C)C)O[C@H](CO[C@@H]2O[C@H](COC(C)=O)[C@@H](O)[C@H](O[C@@H]3OC[C@@H](O)[C@H](O)[C@H]3O)[C@H]2O)[C@@H](O)[C@@H]1O[C@@H]1OC[C@@H](O)[C@H](O)[C@H]1O. The summed E-state index contributed by atoms with van der Waals surface area (Å²) >= 11 is 0. The molecule has 7 heterocycles. The Hall–Kier alpha value is -3.09. The summed E-state index contributed by atoms with van der Waals surface area (Å²) in [6.45, 7) is 11.3. The molecule has 1 amide bonds. The molecule has 0 aromatic carbocycles. The van der Waals surface area contributed by atoms with E-state index >= 15 is 4.79 Å². The van der Waals surface area contributed by atoms with E-state index in [4.69, 9.17) is 66.3 Å². The number of hydrogen-bond acceptors (Lipinski definition) is 36. The van der Waals surface area contributed by atoms with Crippen LogP contribution in [0.3, 0.4) is 0 Å². The molecule has 4 saturated carbocycles. The summed E-state index contributed by atoms with van der Waals surface area (Å²) in [6, 6.07) is -1.27. The standard InChI is InChI=1S/C72H115NO36/c1-27(76)73-40-51(102-36(44(84)53(40)106-59-46(86)41(81)32(78)20-97-59)24-100-62-50(90)54(45(85)37(104-62)23-96-28(2)77)107-60-47(87)42(82)33(79)21-98-60)30-12-14-68(7)38(67(30,5)6)13-15-69(8)39(68)11-10-29-31-18-66(3,4)16-17-72(31,57(92)56(91)70(29,69)9)65(94)109-63-55(108-61-48(88)43(83)34(80)22-99-61)49(89)52(35(19-74)103-63)105-64-58(93)71(95,25-75)26-101-64/h10,30-64,74-75,78-93,95H,11-26H2,1-9H3,(H,73,76)/t30-,31+,32-,33-,34-,35-,36-,37-,38+,39-,40+,41+,42+,43+,44-,45-,46-,47-,48-,49+,50-,51+,52-,53-,54+,55-,56+,57-,58+,59+,60+,61+,62-,63+,64+,68+,69-,70+,71-,72-/m1/s1. The predicted octanol–water partition coefficient (Wildman–Crippen LogP) is -7.08. The van der Waals surface area contributed by atoms with Crippen LogP contribution < -0.4 is 5.32 Å². The number of carbonyl (C=O) groups is 3. The molecule has 0 aromatic rings. The molecule has 37 nitrogen and oxygen atoms in total. The van der Waals surface area contributed by atoms with E-state index in [0.29, 0.717) is 44.1 Å². The summed E-state index contributed by atoms with van der Waals surface area (Å²) in [5, 5.41) is 217. The molecular weight excluding hydrogens is 1450 g/mol. The average Bonchev–Trinajstić information content (AvgIpc) is 1.03. The quantitative estimate of drug-likeness (QED) is 0.0422. The van der Waals surface area contributed by atoms with Crippen molar-refractivity contribution in [2.24, 2.45) is 56.2 Å². The highest BCUT2D eigenvalue weighted by atomic mass is 16.8. The van der Waals surface area contributed by atoms with Crippen molar-refractivity contribution in [3.63, 3.8) is 0 Å². The van der Waals surface area contributed by atoms with Gasteiger partial charge in [0.25, 0.3) is 0 Å². The molecule has 0 unspecified atom stereocenters. The number of aliphatic hydroxyl groups excluding tert-OH is 18. The Labute approximate surface area is 629 Å². The van der Waals surface area contributed by atoms with Gasteiger partial charge in [0.2, 0.25) is 12.2 Å². The van der Waals surface area contributed by atoms with Crippen LogP contribution in [0.15, 0.2) is 11.6 Å². The van der Waals surface area contributed by atoms with Gasteiger partial charge in [0.1, 0.15) is 140 Å². The van der Waals surface area contributed by atoms with Gasteiger partial charge in [-0.1, -0.05) is 60.1 Å². The van der Waals surface area contributed by atoms with E-state index in [-0.39, 0.29) is 24.7 Å². The lowest BCUT2D eigenvalue weighted by Gasteiger charge is -2.73. The summed E-state index contributed by atoms with van der Waals surface area (Å²) in [5.74, 6) is -4.35. The van der Waals surface area contributed by atoms with Gasteiger partial charge in [0, 0.05) is 19.3 Å². The Bertz CT molecular complexity index is 3210. The fraction of sp³-hybridized carbons (Fsp3) is 0.931. The summed E-state index contributed by atoms with van der Waals surface area (Å²) in [7, 11) is 0. The molecule has 12 aliphatic rings. The third kappa shape index (κ3) is 14.9. The molecule has 40 atom stereocenters. The number of rotatable bonds is 19. The summed E-state index contributed by atoms with van der Waals surface area (Å²) in [5.41, 5.74) is -7.49. The highest BCUT2D eigenvalue weighted by Crippen LogP contribution is 2.77. The van der Waals surface area contributed by atoms with Crippen LogP contribution in [0, 0.1) is 56.2 Å². The zero-order valence-corrected chi connectivity index (χ0v) is 62.5. The first-order chi connectivity index (χ1) is 51.1. The zero-order chi connectivity index (χ0) is 79.6. The molecule has 11 fully saturated rings. The minimum atomic E-state index is -2.20. The van der Waals surface area contributed by atoms with Crippen LogP contribution in [0.2, 0.25) is 0 Å². The second kappa shape index (κ2) is 32.1. The van der Waals surface area contributed by atoms with E-state index in [1.54, 1.807) is 0 Å². The van der Waals surface area contributed by atoms with Crippen molar-refractivity contribution < 1.29 is 178 Å². The van der Waals surface area contributed by atoms with Crippen molar-refractivity contribution in [1.29, 1.82) is 0 Å². The molecule has 0 spiro atoms. The first-order valence-electron chi connectivity index (χ1n) is 37.9. The van der Waals surface area contributed by atoms with Crippen molar-refractivity contribution >= 4 is 17.8 Å². The maximum atomic E-state index is 15.9. The van der Waals surface area contributed by atoms with Crippen molar-refractivity contribution in [1.82, 2.24) is 5.32 Å². The molecule has 37 heteroatoms. The van der Waals surface area contributed by atoms with Crippen LogP contribution in [-0.2, 0) is 80.7 Å². The number of nitrogens with one attached hydrogen (secondary N) is 1. The summed E-state index contributed by atoms with van der Waals surface area (Å²) < 4.78 is 83.6. The smallest absolute Gasteiger partial charge is 0.317 e. The average molecular weight is 1570 g/mol. The number of hydrogen-bond donors (Lipinski definition) is 20. The van der Waals surface area contributed by atoms with E-state index < -0.39 is 311 Å². The van der Waals surface area contributed by atoms with Gasteiger partial charge in [0.05, 0.1) is 70.6 Å². The lowest BCUT2D eigenvalue weighted by Crippen LogP contribution is -2.73. The van der Waals surface area contributed by atoms with Gasteiger partial charge in [0.15, 0.2) is 37.6 Å². The van der Waals surface area contributed by atoms with Gasteiger partial charge in [-0.25, -0.2) is 0 Å². The third-order valence-electron chi connectivity index (χ3n) is 27.5. The van der Waals surface area contributed by atoms with Crippen molar-refractivity contribution in [2.75, 3.05) is 52.9 Å². The Morgan fingerprint density at radius 1 is 0.532 bits per heavy atom.